The van der Waals surface area contributed by atoms with Crippen LogP contribution in [0.4, 0.5) is 5.69 Å². The molecule has 0 aliphatic heterocycles. The Morgan fingerprint density at radius 1 is 1.00 bits per heavy atom. The third kappa shape index (κ3) is 2.83. The van der Waals surface area contributed by atoms with Crippen molar-refractivity contribution in [3.05, 3.63) is 65.2 Å². The van der Waals surface area contributed by atoms with E-state index in [2.05, 4.69) is 47.9 Å². The van der Waals surface area contributed by atoms with E-state index in [4.69, 9.17) is 12.2 Å². The van der Waals surface area contributed by atoms with Crippen LogP contribution in [0.25, 0.3) is 0 Å². The van der Waals surface area contributed by atoms with E-state index in [1.165, 1.54) is 16.7 Å². The monoisotopic (exact) mass is 282 g/mol. The van der Waals surface area contributed by atoms with Gasteiger partial charge in [-0.1, -0.05) is 42.5 Å². The number of para-hydroxylation sites is 1. The summed E-state index contributed by atoms with van der Waals surface area (Å²) < 4.78 is 0. The van der Waals surface area contributed by atoms with Crippen LogP contribution in [0.1, 0.15) is 16.7 Å². The number of benzene rings is 2. The molecular weight excluding hydrogens is 264 g/mol. The van der Waals surface area contributed by atoms with Gasteiger partial charge in [0.2, 0.25) is 0 Å². The molecule has 2 N–H and O–H groups in total. The summed E-state index contributed by atoms with van der Waals surface area (Å²) in [5.41, 5.74) is 5.14. The summed E-state index contributed by atoms with van der Waals surface area (Å²) in [6.07, 6.45) is 2.09. The molecule has 0 saturated carbocycles. The molecule has 2 nitrogen and oxygen atoms in total. The summed E-state index contributed by atoms with van der Waals surface area (Å²) in [6.45, 7) is 2.08. The minimum Gasteiger partial charge on any atom is -0.359 e. The van der Waals surface area contributed by atoms with E-state index in [-0.39, 0.29) is 0 Å². The van der Waals surface area contributed by atoms with Crippen molar-refractivity contribution in [3.8, 4) is 0 Å². The standard InChI is InChI=1S/C17H18N2S/c1-12-6-2-5-9-16(12)19-17(20)18-15-10-13-7-3-4-8-14(13)11-15/h2-9,15H,10-11H2,1H3,(H2,18,19,20). The summed E-state index contributed by atoms with van der Waals surface area (Å²) in [4.78, 5) is 0. The second-order valence-electron chi connectivity index (χ2n) is 5.29. The molecule has 20 heavy (non-hydrogen) atoms. The molecule has 2 aromatic rings. The van der Waals surface area contributed by atoms with Gasteiger partial charge in [-0.25, -0.2) is 0 Å². The number of fused-ring (bicyclic) bond motifs is 1. The summed E-state index contributed by atoms with van der Waals surface area (Å²) in [5, 5.41) is 7.41. The van der Waals surface area contributed by atoms with Crippen molar-refractivity contribution in [3.63, 3.8) is 0 Å². The van der Waals surface area contributed by atoms with Gasteiger partial charge in [-0.3, -0.25) is 0 Å². The largest absolute Gasteiger partial charge is 0.359 e. The van der Waals surface area contributed by atoms with Crippen LogP contribution < -0.4 is 10.6 Å². The van der Waals surface area contributed by atoms with Crippen LogP contribution in [0.2, 0.25) is 0 Å². The number of anilines is 1. The van der Waals surface area contributed by atoms with Gasteiger partial charge in [-0.05, 0) is 54.7 Å². The second-order valence-corrected chi connectivity index (χ2v) is 5.70. The lowest BCUT2D eigenvalue weighted by atomic mass is 10.1. The van der Waals surface area contributed by atoms with Gasteiger partial charge in [0.15, 0.2) is 5.11 Å². The molecule has 1 aliphatic carbocycles. The zero-order valence-electron chi connectivity index (χ0n) is 11.5. The third-order valence-electron chi connectivity index (χ3n) is 3.78. The lowest BCUT2D eigenvalue weighted by Gasteiger charge is -2.16. The molecule has 2 aromatic carbocycles. The quantitative estimate of drug-likeness (QED) is 0.825. The average molecular weight is 282 g/mol. The molecule has 0 bridgehead atoms. The van der Waals surface area contributed by atoms with Crippen molar-refractivity contribution < 1.29 is 0 Å². The molecule has 0 aromatic heterocycles. The molecule has 0 saturated heterocycles. The Balaban J connectivity index is 1.60. The average Bonchev–Trinajstić information content (AvgIpc) is 2.83. The van der Waals surface area contributed by atoms with Crippen LogP contribution in [-0.4, -0.2) is 11.2 Å². The molecule has 102 valence electrons. The fraction of sp³-hybridized carbons (Fsp3) is 0.235. The van der Waals surface area contributed by atoms with Crippen LogP contribution >= 0.6 is 12.2 Å². The topological polar surface area (TPSA) is 24.1 Å². The molecule has 0 amide bonds. The Labute approximate surface area is 125 Å². The van der Waals surface area contributed by atoms with Crippen molar-refractivity contribution in [2.75, 3.05) is 5.32 Å². The number of rotatable bonds is 2. The fourth-order valence-electron chi connectivity index (χ4n) is 2.72. The molecule has 3 rings (SSSR count). The van der Waals surface area contributed by atoms with Crippen LogP contribution in [0, 0.1) is 6.92 Å². The SMILES string of the molecule is Cc1ccccc1NC(=S)NC1Cc2ccccc2C1. The van der Waals surface area contributed by atoms with Crippen molar-refractivity contribution in [2.45, 2.75) is 25.8 Å². The fourth-order valence-corrected chi connectivity index (χ4v) is 2.99. The molecule has 0 spiro atoms. The Bertz CT molecular complexity index is 611. The summed E-state index contributed by atoms with van der Waals surface area (Å²) >= 11 is 5.42. The number of nitrogens with one attached hydrogen (secondary N) is 2. The van der Waals surface area contributed by atoms with Gasteiger partial charge in [0.05, 0.1) is 0 Å². The lowest BCUT2D eigenvalue weighted by Crippen LogP contribution is -2.38. The maximum Gasteiger partial charge on any atom is 0.171 e. The number of hydrogen-bond donors (Lipinski definition) is 2. The van der Waals surface area contributed by atoms with Gasteiger partial charge in [-0.2, -0.15) is 0 Å². The van der Waals surface area contributed by atoms with E-state index in [0.717, 1.165) is 18.5 Å². The Morgan fingerprint density at radius 2 is 1.60 bits per heavy atom. The highest BCUT2D eigenvalue weighted by Crippen LogP contribution is 2.21. The van der Waals surface area contributed by atoms with Crippen molar-refractivity contribution >= 4 is 23.0 Å². The summed E-state index contributed by atoms with van der Waals surface area (Å²) in [5.74, 6) is 0. The number of thiocarbonyl (C=S) groups is 1. The predicted molar refractivity (Wildman–Crippen MR) is 88.2 cm³/mol. The minimum atomic E-state index is 0.399. The number of hydrogen-bond acceptors (Lipinski definition) is 1. The Hall–Kier alpha value is -1.87. The van der Waals surface area contributed by atoms with Gasteiger partial charge >= 0.3 is 0 Å². The van der Waals surface area contributed by atoms with Gasteiger partial charge in [0.1, 0.15) is 0 Å². The van der Waals surface area contributed by atoms with E-state index in [9.17, 15) is 0 Å². The van der Waals surface area contributed by atoms with Crippen LogP contribution in [0.3, 0.4) is 0 Å². The summed E-state index contributed by atoms with van der Waals surface area (Å²) in [6, 6.07) is 17.2. The Morgan fingerprint density at radius 3 is 2.25 bits per heavy atom. The zero-order chi connectivity index (χ0) is 13.9. The second kappa shape index (κ2) is 5.63. The highest BCUT2D eigenvalue weighted by molar-refractivity contribution is 7.80. The van der Waals surface area contributed by atoms with Crippen molar-refractivity contribution in [2.24, 2.45) is 0 Å². The third-order valence-corrected chi connectivity index (χ3v) is 4.00. The molecule has 0 unspecified atom stereocenters. The smallest absolute Gasteiger partial charge is 0.171 e. The van der Waals surface area contributed by atoms with Gasteiger partial charge < -0.3 is 10.6 Å². The van der Waals surface area contributed by atoms with E-state index in [0.29, 0.717) is 11.2 Å². The van der Waals surface area contributed by atoms with Gasteiger partial charge in [0, 0.05) is 11.7 Å². The molecular formula is C17H18N2S. The molecule has 1 aliphatic rings. The molecule has 0 atom stereocenters. The minimum absolute atomic E-state index is 0.399. The highest BCUT2D eigenvalue weighted by Gasteiger charge is 2.21. The molecule has 0 fully saturated rings. The van der Waals surface area contributed by atoms with Gasteiger partial charge in [0.25, 0.3) is 0 Å². The van der Waals surface area contributed by atoms with E-state index < -0.39 is 0 Å². The first kappa shape index (κ1) is 13.1. The first-order chi connectivity index (χ1) is 9.72. The summed E-state index contributed by atoms with van der Waals surface area (Å²) in [7, 11) is 0. The van der Waals surface area contributed by atoms with E-state index in [1.807, 2.05) is 18.2 Å². The molecule has 0 heterocycles. The number of aryl methyl sites for hydroxylation is 1. The van der Waals surface area contributed by atoms with Crippen molar-refractivity contribution in [1.82, 2.24) is 5.32 Å². The van der Waals surface area contributed by atoms with Crippen molar-refractivity contribution in [1.29, 1.82) is 0 Å². The van der Waals surface area contributed by atoms with Gasteiger partial charge in [-0.15, -0.1) is 0 Å². The highest BCUT2D eigenvalue weighted by atomic mass is 32.1. The maximum absolute atomic E-state index is 5.42. The van der Waals surface area contributed by atoms with Crippen LogP contribution in [0.15, 0.2) is 48.5 Å². The zero-order valence-corrected chi connectivity index (χ0v) is 12.3. The maximum atomic E-state index is 5.42. The molecule has 0 radical (unpaired) electrons. The van der Waals surface area contributed by atoms with E-state index >= 15 is 0 Å². The van der Waals surface area contributed by atoms with E-state index in [1.54, 1.807) is 0 Å². The lowest BCUT2D eigenvalue weighted by molar-refractivity contribution is 0.648. The predicted octanol–water partition coefficient (Wildman–Crippen LogP) is 3.45. The molecule has 3 heteroatoms. The van der Waals surface area contributed by atoms with Crippen LogP contribution in [0.5, 0.6) is 0 Å². The van der Waals surface area contributed by atoms with Crippen LogP contribution in [-0.2, 0) is 12.8 Å². The Kier molecular flexibility index (Phi) is 3.70. The normalized spacial score (nSPS) is 13.8. The first-order valence-corrected chi connectivity index (χ1v) is 7.33. The first-order valence-electron chi connectivity index (χ1n) is 6.92.